The second-order valence-electron chi connectivity index (χ2n) is 3.13. The first-order valence-corrected chi connectivity index (χ1v) is 4.11. The van der Waals surface area contributed by atoms with Gasteiger partial charge in [-0.05, 0) is 13.3 Å². The van der Waals surface area contributed by atoms with E-state index in [1.165, 1.54) is 0 Å². The average molecular weight is 168 g/mol. The standard InChI is InChI=1S/C8H12N2O2/c1-5-6(2-3-11-5)7-4-8(9)12-10-7/h4-6H,2-3,9H2,1H3. The Kier molecular flexibility index (Phi) is 1.77. The summed E-state index contributed by atoms with van der Waals surface area (Å²) in [5.74, 6) is 0.732. The van der Waals surface area contributed by atoms with Crippen molar-refractivity contribution < 1.29 is 9.26 Å². The van der Waals surface area contributed by atoms with Gasteiger partial charge in [-0.25, -0.2) is 0 Å². The normalized spacial score (nSPS) is 29.4. The minimum absolute atomic E-state index is 0.231. The summed E-state index contributed by atoms with van der Waals surface area (Å²) in [5.41, 5.74) is 6.34. The fourth-order valence-corrected chi connectivity index (χ4v) is 1.60. The Morgan fingerprint density at radius 3 is 3.00 bits per heavy atom. The monoisotopic (exact) mass is 168 g/mol. The van der Waals surface area contributed by atoms with E-state index in [4.69, 9.17) is 15.0 Å². The molecule has 0 aliphatic carbocycles. The van der Waals surface area contributed by atoms with Gasteiger partial charge >= 0.3 is 0 Å². The molecule has 1 fully saturated rings. The molecule has 1 saturated heterocycles. The molecule has 2 rings (SSSR count). The fourth-order valence-electron chi connectivity index (χ4n) is 1.60. The van der Waals surface area contributed by atoms with Crippen molar-refractivity contribution in [2.24, 2.45) is 0 Å². The second-order valence-corrected chi connectivity index (χ2v) is 3.13. The Labute approximate surface area is 70.7 Å². The summed E-state index contributed by atoms with van der Waals surface area (Å²) in [7, 11) is 0. The highest BCUT2D eigenvalue weighted by Crippen LogP contribution is 2.30. The molecule has 1 aromatic rings. The maximum absolute atomic E-state index is 5.42. The zero-order chi connectivity index (χ0) is 8.55. The number of rotatable bonds is 1. The van der Waals surface area contributed by atoms with Crippen molar-refractivity contribution in [2.75, 3.05) is 12.3 Å². The van der Waals surface area contributed by atoms with Crippen LogP contribution in [0, 0.1) is 0 Å². The third-order valence-electron chi connectivity index (χ3n) is 2.30. The molecule has 0 bridgehead atoms. The van der Waals surface area contributed by atoms with Crippen LogP contribution in [0.4, 0.5) is 5.88 Å². The molecule has 1 aliphatic heterocycles. The van der Waals surface area contributed by atoms with E-state index in [0.717, 1.165) is 18.7 Å². The van der Waals surface area contributed by atoms with Crippen molar-refractivity contribution >= 4 is 5.88 Å². The van der Waals surface area contributed by atoms with Gasteiger partial charge in [-0.3, -0.25) is 0 Å². The lowest BCUT2D eigenvalue weighted by molar-refractivity contribution is 0.117. The van der Waals surface area contributed by atoms with E-state index < -0.39 is 0 Å². The van der Waals surface area contributed by atoms with Gasteiger partial charge in [0.1, 0.15) is 0 Å². The largest absolute Gasteiger partial charge is 0.378 e. The maximum Gasteiger partial charge on any atom is 0.222 e. The third-order valence-corrected chi connectivity index (χ3v) is 2.30. The van der Waals surface area contributed by atoms with Crippen LogP contribution in [0.2, 0.25) is 0 Å². The molecule has 1 aromatic heterocycles. The molecule has 1 aliphatic rings. The van der Waals surface area contributed by atoms with Gasteiger partial charge in [-0.15, -0.1) is 0 Å². The van der Waals surface area contributed by atoms with Gasteiger partial charge in [0, 0.05) is 18.6 Å². The third kappa shape index (κ3) is 1.18. The number of ether oxygens (including phenoxy) is 1. The number of hydrogen-bond acceptors (Lipinski definition) is 4. The van der Waals surface area contributed by atoms with Gasteiger partial charge in [0.05, 0.1) is 11.8 Å². The second kappa shape index (κ2) is 2.79. The molecule has 2 unspecified atom stereocenters. The summed E-state index contributed by atoms with van der Waals surface area (Å²) in [5, 5.41) is 3.87. The summed E-state index contributed by atoms with van der Waals surface area (Å²) in [6, 6.07) is 1.77. The van der Waals surface area contributed by atoms with Crippen LogP contribution in [-0.4, -0.2) is 17.9 Å². The molecular formula is C8H12N2O2. The Morgan fingerprint density at radius 1 is 1.67 bits per heavy atom. The Morgan fingerprint density at radius 2 is 2.50 bits per heavy atom. The number of aromatic nitrogens is 1. The molecule has 2 N–H and O–H groups in total. The van der Waals surface area contributed by atoms with Crippen molar-refractivity contribution in [1.82, 2.24) is 5.16 Å². The summed E-state index contributed by atoms with van der Waals surface area (Å²) in [4.78, 5) is 0. The fraction of sp³-hybridized carbons (Fsp3) is 0.625. The quantitative estimate of drug-likeness (QED) is 0.683. The van der Waals surface area contributed by atoms with Gasteiger partial charge in [-0.2, -0.15) is 0 Å². The van der Waals surface area contributed by atoms with Crippen LogP contribution in [0.5, 0.6) is 0 Å². The zero-order valence-corrected chi connectivity index (χ0v) is 6.99. The molecule has 2 atom stereocenters. The zero-order valence-electron chi connectivity index (χ0n) is 6.99. The molecule has 4 nitrogen and oxygen atoms in total. The van der Waals surface area contributed by atoms with E-state index in [1.807, 2.05) is 6.92 Å². The Bertz CT molecular complexity index is 272. The first kappa shape index (κ1) is 7.61. The summed E-state index contributed by atoms with van der Waals surface area (Å²) >= 11 is 0. The van der Waals surface area contributed by atoms with Crippen LogP contribution in [0.1, 0.15) is 25.0 Å². The van der Waals surface area contributed by atoms with Crippen LogP contribution in [-0.2, 0) is 4.74 Å². The summed E-state index contributed by atoms with van der Waals surface area (Å²) < 4.78 is 10.2. The lowest BCUT2D eigenvalue weighted by Gasteiger charge is -2.08. The van der Waals surface area contributed by atoms with E-state index in [9.17, 15) is 0 Å². The topological polar surface area (TPSA) is 61.3 Å². The highest BCUT2D eigenvalue weighted by molar-refractivity contribution is 5.27. The van der Waals surface area contributed by atoms with Crippen LogP contribution in [0.3, 0.4) is 0 Å². The van der Waals surface area contributed by atoms with Gasteiger partial charge in [0.25, 0.3) is 0 Å². The predicted octanol–water partition coefficient (Wildman–Crippen LogP) is 1.15. The number of nitrogen functional groups attached to an aromatic ring is 1. The highest BCUT2D eigenvalue weighted by Gasteiger charge is 2.28. The van der Waals surface area contributed by atoms with Gasteiger partial charge in [0.2, 0.25) is 5.88 Å². The van der Waals surface area contributed by atoms with Gasteiger partial charge in [0.15, 0.2) is 0 Å². The lowest BCUT2D eigenvalue weighted by atomic mass is 9.99. The first-order valence-electron chi connectivity index (χ1n) is 4.11. The number of hydrogen-bond donors (Lipinski definition) is 1. The van der Waals surface area contributed by atoms with Crippen molar-refractivity contribution in [3.05, 3.63) is 11.8 Å². The van der Waals surface area contributed by atoms with E-state index >= 15 is 0 Å². The number of nitrogens with two attached hydrogens (primary N) is 1. The van der Waals surface area contributed by atoms with E-state index in [2.05, 4.69) is 5.16 Å². The molecule has 4 heteroatoms. The van der Waals surface area contributed by atoms with Crippen molar-refractivity contribution in [1.29, 1.82) is 0 Å². The van der Waals surface area contributed by atoms with Crippen molar-refractivity contribution in [3.8, 4) is 0 Å². The first-order chi connectivity index (χ1) is 5.77. The molecule has 12 heavy (non-hydrogen) atoms. The van der Waals surface area contributed by atoms with Gasteiger partial charge in [-0.1, -0.05) is 5.16 Å². The van der Waals surface area contributed by atoms with Crippen molar-refractivity contribution in [2.45, 2.75) is 25.4 Å². The highest BCUT2D eigenvalue weighted by atomic mass is 16.5. The van der Waals surface area contributed by atoms with E-state index in [0.29, 0.717) is 11.8 Å². The van der Waals surface area contributed by atoms with E-state index in [-0.39, 0.29) is 6.10 Å². The predicted molar refractivity (Wildman–Crippen MR) is 43.7 cm³/mol. The van der Waals surface area contributed by atoms with E-state index in [1.54, 1.807) is 6.07 Å². The SMILES string of the molecule is CC1OCCC1c1cc(N)on1. The van der Waals surface area contributed by atoms with Gasteiger partial charge < -0.3 is 15.0 Å². The number of nitrogens with zero attached hydrogens (tertiary/aromatic N) is 1. The smallest absolute Gasteiger partial charge is 0.222 e. The van der Waals surface area contributed by atoms with Crippen molar-refractivity contribution in [3.63, 3.8) is 0 Å². The molecule has 2 heterocycles. The summed E-state index contributed by atoms with van der Waals surface area (Å²) in [6.45, 7) is 2.85. The summed E-state index contributed by atoms with van der Waals surface area (Å²) in [6.07, 6.45) is 1.24. The van der Waals surface area contributed by atoms with Crippen LogP contribution >= 0.6 is 0 Å². The Balaban J connectivity index is 2.19. The molecule has 0 aromatic carbocycles. The van der Waals surface area contributed by atoms with Crippen LogP contribution in [0.25, 0.3) is 0 Å². The molecule has 0 radical (unpaired) electrons. The van der Waals surface area contributed by atoms with Crippen LogP contribution in [0.15, 0.2) is 10.6 Å². The molecule has 0 spiro atoms. The molecule has 0 saturated carbocycles. The van der Waals surface area contributed by atoms with Crippen LogP contribution < -0.4 is 5.73 Å². The Hall–Kier alpha value is -1.03. The maximum atomic E-state index is 5.42. The molecule has 66 valence electrons. The molecule has 0 amide bonds. The molecular weight excluding hydrogens is 156 g/mol. The number of anilines is 1. The minimum Gasteiger partial charge on any atom is -0.378 e. The average Bonchev–Trinajstić information content (AvgIpc) is 2.58. The minimum atomic E-state index is 0.231. The lowest BCUT2D eigenvalue weighted by Crippen LogP contribution is -2.09.